The number of fused-ring (bicyclic) bond motifs is 2. The van der Waals surface area contributed by atoms with Crippen LogP contribution in [-0.4, -0.2) is 77.6 Å². The lowest BCUT2D eigenvalue weighted by Gasteiger charge is -2.32. The van der Waals surface area contributed by atoms with Crippen molar-refractivity contribution in [3.8, 4) is 0 Å². The first-order valence-corrected chi connectivity index (χ1v) is 9.52. The Balaban J connectivity index is 1.69. The predicted molar refractivity (Wildman–Crippen MR) is 83.0 cm³/mol. The van der Waals surface area contributed by atoms with Gasteiger partial charge in [-0.3, -0.25) is 14.1 Å². The summed E-state index contributed by atoms with van der Waals surface area (Å²) in [6.45, 7) is 0.857. The molecule has 0 saturated carbocycles. The van der Waals surface area contributed by atoms with Gasteiger partial charge in [0, 0.05) is 25.7 Å². The summed E-state index contributed by atoms with van der Waals surface area (Å²) < 4.78 is 40.0. The number of urea groups is 1. The molecule has 26 heavy (non-hydrogen) atoms. The van der Waals surface area contributed by atoms with Crippen LogP contribution in [0.4, 0.5) is 4.79 Å². The summed E-state index contributed by atoms with van der Waals surface area (Å²) in [4.78, 5) is 38.4. The van der Waals surface area contributed by atoms with Gasteiger partial charge >= 0.3 is 16.4 Å². The molecule has 0 aromatic carbocycles. The summed E-state index contributed by atoms with van der Waals surface area (Å²) in [6.07, 6.45) is 1.37. The number of piperidine rings is 1. The quantitative estimate of drug-likeness (QED) is 0.194. The molecule has 0 aromatic heterocycles. The Hall–Kier alpha value is -1.80. The highest BCUT2D eigenvalue weighted by Crippen LogP contribution is 2.31. The summed E-state index contributed by atoms with van der Waals surface area (Å²) in [6, 6.07) is -2.50. The van der Waals surface area contributed by atoms with Crippen molar-refractivity contribution in [3.63, 3.8) is 0 Å². The molecule has 3 fully saturated rings. The number of amides is 4. The Morgan fingerprint density at radius 2 is 1.85 bits per heavy atom. The Morgan fingerprint density at radius 3 is 2.46 bits per heavy atom. The Morgan fingerprint density at radius 1 is 1.19 bits per heavy atom. The lowest BCUT2D eigenvalue weighted by atomic mass is 9.97. The normalized spacial score (nSPS) is 26.9. The molecule has 0 aliphatic carbocycles. The van der Waals surface area contributed by atoms with Gasteiger partial charge in [-0.1, -0.05) is 0 Å². The van der Waals surface area contributed by atoms with Gasteiger partial charge in [0.25, 0.3) is 5.91 Å². The first-order chi connectivity index (χ1) is 12.2. The van der Waals surface area contributed by atoms with Crippen molar-refractivity contribution in [2.75, 3.05) is 19.8 Å². The molecule has 3 N–H and O–H groups in total. The molecular weight excluding hydrogens is 372 g/mol. The maximum atomic E-state index is 12.6. The summed E-state index contributed by atoms with van der Waals surface area (Å²) in [5.74, 6) is 4.03. The number of rotatable bonds is 4. The summed E-state index contributed by atoms with van der Waals surface area (Å²) >= 11 is 0. The minimum atomic E-state index is -4.87. The van der Waals surface area contributed by atoms with Gasteiger partial charge in [0.1, 0.15) is 6.04 Å². The highest BCUT2D eigenvalue weighted by Gasteiger charge is 2.50. The van der Waals surface area contributed by atoms with Crippen molar-refractivity contribution in [2.45, 2.75) is 37.8 Å². The average molecular weight is 392 g/mol. The van der Waals surface area contributed by atoms with E-state index in [0.717, 1.165) is 4.90 Å². The minimum Gasteiger partial charge on any atom is -0.381 e. The van der Waals surface area contributed by atoms with E-state index in [4.69, 9.17) is 15.1 Å². The van der Waals surface area contributed by atoms with Gasteiger partial charge in [0.2, 0.25) is 5.91 Å². The second kappa shape index (κ2) is 7.08. The van der Waals surface area contributed by atoms with Crippen molar-refractivity contribution < 1.29 is 36.4 Å². The van der Waals surface area contributed by atoms with Gasteiger partial charge < -0.3 is 9.64 Å². The third-order valence-corrected chi connectivity index (χ3v) is 5.18. The molecule has 3 aliphatic heterocycles. The van der Waals surface area contributed by atoms with Gasteiger partial charge in [-0.25, -0.2) is 15.6 Å². The number of ether oxygens (including phenoxy) is 1. The Kier molecular flexibility index (Phi) is 5.16. The predicted octanol–water partition coefficient (Wildman–Crippen LogP) is -1.36. The van der Waals surface area contributed by atoms with Crippen molar-refractivity contribution in [1.29, 1.82) is 0 Å². The topological polar surface area (TPSA) is 160 Å². The first kappa shape index (κ1) is 19.0. The van der Waals surface area contributed by atoms with Crippen molar-refractivity contribution in [3.05, 3.63) is 0 Å². The molecule has 12 nitrogen and oxygen atoms in total. The number of hydroxylamine groups is 2. The molecule has 2 atom stereocenters. The van der Waals surface area contributed by atoms with E-state index in [9.17, 15) is 22.8 Å². The fourth-order valence-corrected chi connectivity index (χ4v) is 3.89. The van der Waals surface area contributed by atoms with E-state index >= 15 is 0 Å². The SMILES string of the molecule is NN(C(=O)C1CCOCC1)C(=O)[C@@H]1CC[C@@H]2CN1C(=O)N2OS(=O)(=O)O. The van der Waals surface area contributed by atoms with E-state index in [1.54, 1.807) is 0 Å². The molecule has 3 heterocycles. The van der Waals surface area contributed by atoms with Crippen molar-refractivity contribution in [2.24, 2.45) is 11.8 Å². The molecule has 4 amide bonds. The second-order valence-electron chi connectivity index (χ2n) is 6.44. The fraction of sp³-hybridized carbons (Fsp3) is 0.769. The molecule has 3 saturated heterocycles. The number of carbonyl (C=O) groups is 3. The second-order valence-corrected chi connectivity index (χ2v) is 7.45. The molecule has 3 rings (SSSR count). The highest BCUT2D eigenvalue weighted by molar-refractivity contribution is 7.80. The molecule has 13 heteroatoms. The maximum Gasteiger partial charge on any atom is 0.418 e. The van der Waals surface area contributed by atoms with Gasteiger partial charge in [-0.2, -0.15) is 13.5 Å². The lowest BCUT2D eigenvalue weighted by molar-refractivity contribution is -0.152. The van der Waals surface area contributed by atoms with Crippen LogP contribution >= 0.6 is 0 Å². The molecule has 0 unspecified atom stereocenters. The molecule has 2 bridgehead atoms. The van der Waals surface area contributed by atoms with Crippen LogP contribution in [0.25, 0.3) is 0 Å². The first-order valence-electron chi connectivity index (χ1n) is 8.16. The third-order valence-electron chi connectivity index (χ3n) is 4.83. The number of carbonyl (C=O) groups excluding carboxylic acids is 3. The summed E-state index contributed by atoms with van der Waals surface area (Å²) in [5, 5.41) is 1.07. The smallest absolute Gasteiger partial charge is 0.381 e. The zero-order valence-electron chi connectivity index (χ0n) is 13.8. The maximum absolute atomic E-state index is 12.6. The van der Waals surface area contributed by atoms with E-state index in [1.165, 1.54) is 0 Å². The average Bonchev–Trinajstić information content (AvgIpc) is 2.84. The zero-order valence-corrected chi connectivity index (χ0v) is 14.6. The van der Waals surface area contributed by atoms with Crippen LogP contribution in [-0.2, 0) is 29.0 Å². The molecular formula is C13H20N4O8S. The lowest BCUT2D eigenvalue weighted by Crippen LogP contribution is -2.56. The van der Waals surface area contributed by atoms with Crippen LogP contribution < -0.4 is 5.84 Å². The van der Waals surface area contributed by atoms with E-state index in [1.807, 2.05) is 0 Å². The molecule has 0 spiro atoms. The molecule has 0 radical (unpaired) electrons. The number of imide groups is 1. The molecule has 0 aromatic rings. The standard InChI is InChI=1S/C13H20N4O8S/c14-16(11(18)8-3-5-24-6-4-8)12(19)10-2-1-9-7-15(10)13(20)17(9)25-26(21,22)23/h8-10H,1-7,14H2,(H,21,22,23)/t9-,10+/m1/s1. The number of hydrazine groups is 1. The zero-order chi connectivity index (χ0) is 19.1. The number of hydrogen-bond donors (Lipinski definition) is 2. The number of nitrogens with zero attached hydrogens (tertiary/aromatic N) is 3. The van der Waals surface area contributed by atoms with Crippen LogP contribution in [0, 0.1) is 5.92 Å². The fourth-order valence-electron chi connectivity index (χ4n) is 3.50. The highest BCUT2D eigenvalue weighted by atomic mass is 32.3. The van der Waals surface area contributed by atoms with E-state index in [2.05, 4.69) is 4.28 Å². The van der Waals surface area contributed by atoms with Gasteiger partial charge in [0.05, 0.1) is 6.04 Å². The van der Waals surface area contributed by atoms with E-state index < -0.39 is 46.2 Å². The van der Waals surface area contributed by atoms with Gasteiger partial charge in [-0.15, -0.1) is 4.28 Å². The minimum absolute atomic E-state index is 0.0318. The monoisotopic (exact) mass is 392 g/mol. The summed E-state index contributed by atoms with van der Waals surface area (Å²) in [5.41, 5.74) is 0. The summed E-state index contributed by atoms with van der Waals surface area (Å²) in [7, 11) is -4.87. The van der Waals surface area contributed by atoms with Crippen LogP contribution in [0.1, 0.15) is 25.7 Å². The Labute approximate surface area is 149 Å². The van der Waals surface area contributed by atoms with Crippen molar-refractivity contribution in [1.82, 2.24) is 15.0 Å². The van der Waals surface area contributed by atoms with Gasteiger partial charge in [-0.05, 0) is 25.7 Å². The third kappa shape index (κ3) is 3.66. The number of hydrogen-bond acceptors (Lipinski definition) is 8. The molecule has 3 aliphatic rings. The van der Waals surface area contributed by atoms with Gasteiger partial charge in [0.15, 0.2) is 0 Å². The van der Waals surface area contributed by atoms with Crippen LogP contribution in [0.15, 0.2) is 0 Å². The van der Waals surface area contributed by atoms with Crippen LogP contribution in [0.3, 0.4) is 0 Å². The van der Waals surface area contributed by atoms with Crippen molar-refractivity contribution >= 4 is 28.2 Å². The molecule has 146 valence electrons. The Bertz CT molecular complexity index is 707. The van der Waals surface area contributed by atoms with Crippen LogP contribution in [0.5, 0.6) is 0 Å². The van der Waals surface area contributed by atoms with E-state index in [-0.39, 0.29) is 19.4 Å². The number of nitrogens with two attached hydrogens (primary N) is 1. The van der Waals surface area contributed by atoms with E-state index in [0.29, 0.717) is 36.1 Å². The largest absolute Gasteiger partial charge is 0.418 e. The van der Waals surface area contributed by atoms with Crippen LogP contribution in [0.2, 0.25) is 0 Å².